The zero-order chi connectivity index (χ0) is 32.3. The molecule has 4 rings (SSSR count). The lowest BCUT2D eigenvalue weighted by atomic mass is 10.1. The highest BCUT2D eigenvalue weighted by Crippen LogP contribution is 2.44. The normalized spacial score (nSPS) is 16.3. The minimum Gasteiger partial charge on any atom is -0.496 e. The molecule has 2 aromatic rings. The fourth-order valence-electron chi connectivity index (χ4n) is 4.70. The van der Waals surface area contributed by atoms with Crippen LogP contribution in [0.4, 0.5) is 20.3 Å². The van der Waals surface area contributed by atoms with E-state index in [4.69, 9.17) is 10.00 Å². The fraction of sp³-hybridized carbons (Fsp3) is 0.400. The molecule has 1 aromatic carbocycles. The second-order valence-electron chi connectivity index (χ2n) is 9.57. The molecule has 1 fully saturated rings. The number of carbonyl (C=O) groups is 2. The zero-order valence-electron chi connectivity index (χ0n) is 24.6. The van der Waals surface area contributed by atoms with Crippen LogP contribution in [0.15, 0.2) is 49.3 Å². The number of aromatic nitrogens is 1. The number of hydrogen-bond acceptors (Lipinski definition) is 10. The summed E-state index contributed by atoms with van der Waals surface area (Å²) in [5.74, 6) is -1.73. The molecule has 1 atom stereocenters. The second kappa shape index (κ2) is 15.5. The number of unbranched alkanes of at least 4 members (excludes halogenated alkanes) is 1. The molecule has 1 unspecified atom stereocenters. The van der Waals surface area contributed by atoms with Crippen molar-refractivity contribution in [3.63, 3.8) is 0 Å². The van der Waals surface area contributed by atoms with Gasteiger partial charge >= 0.3 is 6.29 Å². The summed E-state index contributed by atoms with van der Waals surface area (Å²) in [5.41, 5.74) is 0.805. The van der Waals surface area contributed by atoms with E-state index in [0.29, 0.717) is 32.4 Å². The van der Waals surface area contributed by atoms with Crippen molar-refractivity contribution in [2.24, 2.45) is 0 Å². The van der Waals surface area contributed by atoms with Crippen molar-refractivity contribution >= 4 is 23.3 Å². The standard InChI is InChI=1S/C28H32F2N6O6.C2H4/c1-3-17(36-13-8-18(37)16-36)6-11-32-25-24(21(40-2)7-12-33-25)27(39)35-20-15-23-22(41-28(29,30)42-23)14-19(20)26(38)34-10-5-4-9-31;1-2/h3,7,12,14-15,18,37H,4-6,8,10-11,13,16H2,1-2H3,(H,32,33)(H,34,38)(H,35,39);1-2H2/b17-3+;. The van der Waals surface area contributed by atoms with Crippen molar-refractivity contribution in [3.8, 4) is 23.3 Å². The Morgan fingerprint density at radius 1 is 1.27 bits per heavy atom. The number of aliphatic hydroxyl groups excluding tert-OH is 1. The molecule has 0 saturated carbocycles. The Morgan fingerprint density at radius 3 is 2.64 bits per heavy atom. The molecule has 14 heteroatoms. The third-order valence-electron chi connectivity index (χ3n) is 6.72. The number of fused-ring (bicyclic) bond motifs is 1. The monoisotopic (exact) mass is 614 g/mol. The number of alkyl halides is 2. The fourth-order valence-corrected chi connectivity index (χ4v) is 4.70. The average molecular weight is 615 g/mol. The number of halogens is 2. The molecule has 2 aliphatic rings. The molecule has 0 radical (unpaired) electrons. The Labute approximate surface area is 254 Å². The largest absolute Gasteiger partial charge is 0.586 e. The highest BCUT2D eigenvalue weighted by molar-refractivity contribution is 6.12. The summed E-state index contributed by atoms with van der Waals surface area (Å²) in [6, 6.07) is 5.60. The van der Waals surface area contributed by atoms with E-state index in [-0.39, 0.29) is 59.0 Å². The summed E-state index contributed by atoms with van der Waals surface area (Å²) in [6.45, 7) is 9.78. The molecule has 1 aromatic heterocycles. The molecule has 0 aliphatic carbocycles. The minimum atomic E-state index is -3.94. The Morgan fingerprint density at radius 2 is 2.00 bits per heavy atom. The lowest BCUT2D eigenvalue weighted by molar-refractivity contribution is -0.286. The molecule has 0 spiro atoms. The van der Waals surface area contributed by atoms with Crippen molar-refractivity contribution < 1.29 is 37.7 Å². The molecule has 2 aliphatic heterocycles. The van der Waals surface area contributed by atoms with Gasteiger partial charge in [0.2, 0.25) is 0 Å². The third kappa shape index (κ3) is 8.35. The van der Waals surface area contributed by atoms with Crippen LogP contribution in [0.1, 0.15) is 53.3 Å². The number of likely N-dealkylation sites (tertiary alicyclic amines) is 1. The van der Waals surface area contributed by atoms with Crippen molar-refractivity contribution in [2.75, 3.05) is 43.9 Å². The second-order valence-corrected chi connectivity index (χ2v) is 9.57. The molecule has 2 amide bonds. The summed E-state index contributed by atoms with van der Waals surface area (Å²) < 4.78 is 42.0. The number of carbonyl (C=O) groups excluding carboxylic acids is 2. The SMILES string of the molecule is C/C=C(\CCNc1nccc(OC)c1C(=O)Nc1cc2c(cc1C(=O)NCCCC#N)OC(F)(F)O2)N1CCC(O)C1.C=C. The Bertz CT molecular complexity index is 1410. The van der Waals surface area contributed by atoms with Crippen molar-refractivity contribution in [3.05, 3.63) is 60.5 Å². The van der Waals surface area contributed by atoms with Crippen LogP contribution in [0.5, 0.6) is 17.2 Å². The molecular formula is C30H36F2N6O6. The van der Waals surface area contributed by atoms with Crippen LogP contribution in [0.25, 0.3) is 0 Å². The topological polar surface area (TPSA) is 158 Å². The smallest absolute Gasteiger partial charge is 0.496 e. The van der Waals surface area contributed by atoms with Crippen LogP contribution in [0.2, 0.25) is 0 Å². The number of nitrogens with zero attached hydrogens (tertiary/aromatic N) is 3. The molecule has 44 heavy (non-hydrogen) atoms. The lowest BCUT2D eigenvalue weighted by Gasteiger charge is -2.22. The number of methoxy groups -OCH3 is 1. The van der Waals surface area contributed by atoms with E-state index < -0.39 is 18.1 Å². The van der Waals surface area contributed by atoms with Gasteiger partial charge in [-0.05, 0) is 31.9 Å². The maximum atomic E-state index is 13.8. The van der Waals surface area contributed by atoms with Gasteiger partial charge in [0, 0.05) is 57.0 Å². The number of amides is 2. The Kier molecular flexibility index (Phi) is 11.9. The summed E-state index contributed by atoms with van der Waals surface area (Å²) in [7, 11) is 1.38. The quantitative estimate of drug-likeness (QED) is 0.201. The number of benzene rings is 1. The molecule has 236 valence electrons. The number of aliphatic hydroxyl groups is 1. The number of ether oxygens (including phenoxy) is 3. The van der Waals surface area contributed by atoms with Gasteiger partial charge in [-0.1, -0.05) is 6.08 Å². The van der Waals surface area contributed by atoms with Gasteiger partial charge in [0.05, 0.1) is 30.5 Å². The van der Waals surface area contributed by atoms with Gasteiger partial charge in [0.15, 0.2) is 11.5 Å². The molecular weight excluding hydrogens is 578 g/mol. The highest BCUT2D eigenvalue weighted by atomic mass is 19.3. The van der Waals surface area contributed by atoms with Gasteiger partial charge in [-0.15, -0.1) is 21.9 Å². The van der Waals surface area contributed by atoms with Crippen molar-refractivity contribution in [2.45, 2.75) is 45.0 Å². The summed E-state index contributed by atoms with van der Waals surface area (Å²) in [6.07, 6.45) is 1.02. The number of anilines is 2. The van der Waals surface area contributed by atoms with Gasteiger partial charge in [-0.3, -0.25) is 9.59 Å². The van der Waals surface area contributed by atoms with E-state index in [2.05, 4.69) is 48.5 Å². The number of pyridine rings is 1. The Hall–Kier alpha value is -4.90. The number of nitriles is 1. The zero-order valence-corrected chi connectivity index (χ0v) is 24.6. The van der Waals surface area contributed by atoms with Crippen LogP contribution in [-0.2, 0) is 0 Å². The van der Waals surface area contributed by atoms with E-state index in [1.807, 2.05) is 19.1 Å². The summed E-state index contributed by atoms with van der Waals surface area (Å²) in [4.78, 5) is 33.0. The van der Waals surface area contributed by atoms with Gasteiger partial charge in [0.25, 0.3) is 11.8 Å². The number of allylic oxidation sites excluding steroid dienone is 1. The van der Waals surface area contributed by atoms with Gasteiger partial charge in [-0.25, -0.2) is 4.98 Å². The van der Waals surface area contributed by atoms with E-state index in [1.165, 1.54) is 19.4 Å². The van der Waals surface area contributed by atoms with E-state index in [9.17, 15) is 23.5 Å². The molecule has 12 nitrogen and oxygen atoms in total. The molecule has 1 saturated heterocycles. The summed E-state index contributed by atoms with van der Waals surface area (Å²) >= 11 is 0. The average Bonchev–Trinajstić information content (AvgIpc) is 3.58. The lowest BCUT2D eigenvalue weighted by Crippen LogP contribution is -2.26. The first-order valence-electron chi connectivity index (χ1n) is 13.9. The van der Waals surface area contributed by atoms with Crippen molar-refractivity contribution in [1.29, 1.82) is 5.26 Å². The number of β-amino-alcohol motifs (C(OH)–C–C–N with tert-alkyl or cyclic N) is 1. The van der Waals surface area contributed by atoms with Crippen LogP contribution in [-0.4, -0.2) is 72.5 Å². The van der Waals surface area contributed by atoms with Crippen molar-refractivity contribution in [1.82, 2.24) is 15.2 Å². The van der Waals surface area contributed by atoms with E-state index >= 15 is 0 Å². The third-order valence-corrected chi connectivity index (χ3v) is 6.72. The first-order chi connectivity index (χ1) is 21.2. The first kappa shape index (κ1) is 33.6. The van der Waals surface area contributed by atoms with Crippen LogP contribution in [0.3, 0.4) is 0 Å². The Balaban J connectivity index is 0.00000259. The van der Waals surface area contributed by atoms with Crippen LogP contribution < -0.4 is 30.2 Å². The number of nitrogens with one attached hydrogen (secondary N) is 3. The van der Waals surface area contributed by atoms with E-state index in [1.54, 1.807) is 0 Å². The summed E-state index contributed by atoms with van der Waals surface area (Å²) in [5, 5.41) is 27.0. The van der Waals surface area contributed by atoms with Gasteiger partial charge < -0.3 is 40.2 Å². The maximum Gasteiger partial charge on any atom is 0.586 e. The predicted octanol–water partition coefficient (Wildman–Crippen LogP) is 4.27. The maximum absolute atomic E-state index is 13.8. The van der Waals surface area contributed by atoms with E-state index in [0.717, 1.165) is 24.4 Å². The molecule has 4 N–H and O–H groups in total. The van der Waals surface area contributed by atoms with Gasteiger partial charge in [0.1, 0.15) is 17.1 Å². The van der Waals surface area contributed by atoms with Gasteiger partial charge in [-0.2, -0.15) is 5.26 Å². The highest BCUT2D eigenvalue weighted by Gasteiger charge is 2.44. The number of rotatable bonds is 12. The minimum absolute atomic E-state index is 0.0296. The predicted molar refractivity (Wildman–Crippen MR) is 159 cm³/mol. The molecule has 0 bridgehead atoms. The number of hydrogen-bond donors (Lipinski definition) is 4. The molecule has 3 heterocycles. The van der Waals surface area contributed by atoms with Crippen LogP contribution >= 0.6 is 0 Å². The first-order valence-corrected chi connectivity index (χ1v) is 13.9. The van der Waals surface area contributed by atoms with Crippen LogP contribution in [0, 0.1) is 11.3 Å².